The van der Waals surface area contributed by atoms with E-state index in [0.717, 1.165) is 13.0 Å². The van der Waals surface area contributed by atoms with Crippen LogP contribution in [0.25, 0.3) is 0 Å². The molecule has 0 saturated carbocycles. The zero-order chi connectivity index (χ0) is 7.98. The van der Waals surface area contributed by atoms with Crippen LogP contribution in [0.5, 0.6) is 0 Å². The van der Waals surface area contributed by atoms with Gasteiger partial charge >= 0.3 is 0 Å². The third-order valence-electron chi connectivity index (χ3n) is 1.88. The van der Waals surface area contributed by atoms with Crippen molar-refractivity contribution in [1.82, 2.24) is 0 Å². The van der Waals surface area contributed by atoms with Gasteiger partial charge in [-0.15, -0.1) is 0 Å². The van der Waals surface area contributed by atoms with Crippen molar-refractivity contribution in [3.05, 3.63) is 11.6 Å². The van der Waals surface area contributed by atoms with Crippen LogP contribution in [0.15, 0.2) is 11.6 Å². The summed E-state index contributed by atoms with van der Waals surface area (Å²) in [6.45, 7) is 7.30. The summed E-state index contributed by atoms with van der Waals surface area (Å²) in [4.78, 5) is 0. The lowest BCUT2D eigenvalue weighted by Gasteiger charge is -2.04. The van der Waals surface area contributed by atoms with E-state index in [1.54, 1.807) is 0 Å². The van der Waals surface area contributed by atoms with Gasteiger partial charge in [0.15, 0.2) is 0 Å². The second-order valence-corrected chi connectivity index (χ2v) is 2.77. The smallest absolute Gasteiger partial charge is 0.0136 e. The van der Waals surface area contributed by atoms with Crippen LogP contribution in [0, 0.1) is 5.92 Å². The quantitative estimate of drug-likeness (QED) is 0.597. The van der Waals surface area contributed by atoms with Crippen LogP contribution in [0.4, 0.5) is 0 Å². The molecule has 60 valence electrons. The van der Waals surface area contributed by atoms with Crippen LogP contribution < -0.4 is 5.73 Å². The molecule has 0 heterocycles. The molecule has 0 aliphatic heterocycles. The topological polar surface area (TPSA) is 26.0 Å². The average molecular weight is 141 g/mol. The van der Waals surface area contributed by atoms with Crippen LogP contribution in [-0.4, -0.2) is 6.54 Å². The van der Waals surface area contributed by atoms with Gasteiger partial charge in [0.25, 0.3) is 0 Å². The molecule has 2 N–H and O–H groups in total. The first-order valence-corrected chi connectivity index (χ1v) is 4.14. The molecule has 0 fully saturated rings. The van der Waals surface area contributed by atoms with Crippen LogP contribution in [0.2, 0.25) is 0 Å². The van der Waals surface area contributed by atoms with Gasteiger partial charge in [-0.05, 0) is 12.3 Å². The van der Waals surface area contributed by atoms with Gasteiger partial charge < -0.3 is 5.73 Å². The Morgan fingerprint density at radius 1 is 1.50 bits per heavy atom. The Bertz CT molecular complexity index is 99.3. The fourth-order valence-electron chi connectivity index (χ4n) is 0.850. The Morgan fingerprint density at radius 2 is 2.10 bits per heavy atom. The van der Waals surface area contributed by atoms with E-state index in [-0.39, 0.29) is 0 Å². The van der Waals surface area contributed by atoms with E-state index >= 15 is 0 Å². The number of nitrogens with two attached hydrogens (primary N) is 1. The molecule has 0 aliphatic carbocycles. The summed E-state index contributed by atoms with van der Waals surface area (Å²) in [6, 6.07) is 0. The fraction of sp³-hybridized carbons (Fsp3) is 0.778. The van der Waals surface area contributed by atoms with Gasteiger partial charge in [-0.1, -0.05) is 38.8 Å². The summed E-state index contributed by atoms with van der Waals surface area (Å²) in [7, 11) is 0. The molecule has 0 rings (SSSR count). The van der Waals surface area contributed by atoms with Gasteiger partial charge in [0.1, 0.15) is 0 Å². The summed E-state index contributed by atoms with van der Waals surface area (Å²) in [5.41, 5.74) is 6.90. The van der Waals surface area contributed by atoms with Crippen LogP contribution in [0.3, 0.4) is 0 Å². The maximum Gasteiger partial charge on any atom is 0.0136 e. The minimum Gasteiger partial charge on any atom is -0.327 e. The van der Waals surface area contributed by atoms with Crippen molar-refractivity contribution in [3.63, 3.8) is 0 Å². The van der Waals surface area contributed by atoms with Crippen LogP contribution in [0.1, 0.15) is 33.6 Å². The molecule has 0 aromatic heterocycles. The predicted octanol–water partition coefficient (Wildman–Crippen LogP) is 2.33. The normalized spacial score (nSPS) is 15.4. The molecule has 0 aromatic rings. The molecule has 10 heavy (non-hydrogen) atoms. The van der Waals surface area contributed by atoms with E-state index < -0.39 is 0 Å². The molecule has 0 aliphatic rings. The van der Waals surface area contributed by atoms with Crippen molar-refractivity contribution < 1.29 is 0 Å². The van der Waals surface area contributed by atoms with Gasteiger partial charge in [-0.25, -0.2) is 0 Å². The minimum absolute atomic E-state index is 0.693. The lowest BCUT2D eigenvalue weighted by molar-refractivity contribution is 0.687. The largest absolute Gasteiger partial charge is 0.327 e. The lowest BCUT2D eigenvalue weighted by atomic mass is 10.0. The number of hydrogen-bond donors (Lipinski definition) is 1. The Morgan fingerprint density at radius 3 is 2.40 bits per heavy atom. The van der Waals surface area contributed by atoms with Crippen LogP contribution in [-0.2, 0) is 0 Å². The first kappa shape index (κ1) is 9.70. The predicted molar refractivity (Wildman–Crippen MR) is 46.9 cm³/mol. The Kier molecular flexibility index (Phi) is 5.32. The molecule has 0 bridgehead atoms. The molecule has 1 atom stereocenters. The maximum absolute atomic E-state index is 5.52. The highest BCUT2D eigenvalue weighted by Crippen LogP contribution is 2.08. The SMILES string of the molecule is CC/C(=C/C(C)CC)CN. The fourth-order valence-corrected chi connectivity index (χ4v) is 0.850. The third-order valence-corrected chi connectivity index (χ3v) is 1.88. The summed E-state index contributed by atoms with van der Waals surface area (Å²) in [6.07, 6.45) is 4.60. The van der Waals surface area contributed by atoms with E-state index in [2.05, 4.69) is 26.8 Å². The molecular weight excluding hydrogens is 122 g/mol. The average Bonchev–Trinajstić information content (AvgIpc) is 1.99. The van der Waals surface area contributed by atoms with Gasteiger partial charge in [0, 0.05) is 6.54 Å². The molecule has 1 unspecified atom stereocenters. The molecule has 1 heteroatoms. The van der Waals surface area contributed by atoms with Gasteiger partial charge in [-0.2, -0.15) is 0 Å². The Balaban J connectivity index is 3.83. The molecule has 0 radical (unpaired) electrons. The van der Waals surface area contributed by atoms with Crippen molar-refractivity contribution in [2.24, 2.45) is 11.7 Å². The highest BCUT2D eigenvalue weighted by molar-refractivity contribution is 5.04. The number of hydrogen-bond acceptors (Lipinski definition) is 1. The molecule has 1 nitrogen and oxygen atoms in total. The minimum atomic E-state index is 0.693. The highest BCUT2D eigenvalue weighted by Gasteiger charge is 1.95. The Labute approximate surface area is 64.3 Å². The van der Waals surface area contributed by atoms with Crippen molar-refractivity contribution in [2.75, 3.05) is 6.54 Å². The number of rotatable bonds is 4. The van der Waals surface area contributed by atoms with E-state index in [4.69, 9.17) is 5.73 Å². The summed E-state index contributed by atoms with van der Waals surface area (Å²) < 4.78 is 0. The Hall–Kier alpha value is -0.300. The van der Waals surface area contributed by atoms with Crippen molar-refractivity contribution >= 4 is 0 Å². The van der Waals surface area contributed by atoms with Crippen molar-refractivity contribution in [2.45, 2.75) is 33.6 Å². The lowest BCUT2D eigenvalue weighted by Crippen LogP contribution is -2.03. The summed E-state index contributed by atoms with van der Waals surface area (Å²) >= 11 is 0. The van der Waals surface area contributed by atoms with Crippen LogP contribution >= 0.6 is 0 Å². The first-order valence-electron chi connectivity index (χ1n) is 4.14. The summed E-state index contributed by atoms with van der Waals surface area (Å²) in [5, 5.41) is 0. The van der Waals surface area contributed by atoms with Crippen molar-refractivity contribution in [3.8, 4) is 0 Å². The van der Waals surface area contributed by atoms with Gasteiger partial charge in [-0.3, -0.25) is 0 Å². The second kappa shape index (κ2) is 5.48. The molecular formula is C9H19N. The molecule has 0 spiro atoms. The standard InChI is InChI=1S/C9H19N/c1-4-8(3)6-9(5-2)7-10/h6,8H,4-5,7,10H2,1-3H3/b9-6-. The van der Waals surface area contributed by atoms with E-state index in [1.165, 1.54) is 12.0 Å². The number of allylic oxidation sites excluding steroid dienone is 1. The monoisotopic (exact) mass is 141 g/mol. The third kappa shape index (κ3) is 3.67. The van der Waals surface area contributed by atoms with Crippen molar-refractivity contribution in [1.29, 1.82) is 0 Å². The van der Waals surface area contributed by atoms with Gasteiger partial charge in [0.2, 0.25) is 0 Å². The molecule has 0 aromatic carbocycles. The first-order chi connectivity index (χ1) is 4.74. The zero-order valence-corrected chi connectivity index (χ0v) is 7.35. The van der Waals surface area contributed by atoms with E-state index in [0.29, 0.717) is 5.92 Å². The summed E-state index contributed by atoms with van der Waals surface area (Å²) in [5.74, 6) is 0.693. The van der Waals surface area contributed by atoms with Gasteiger partial charge in [0.05, 0.1) is 0 Å². The maximum atomic E-state index is 5.52. The zero-order valence-electron chi connectivity index (χ0n) is 7.35. The highest BCUT2D eigenvalue weighted by atomic mass is 14.5. The van der Waals surface area contributed by atoms with E-state index in [9.17, 15) is 0 Å². The second-order valence-electron chi connectivity index (χ2n) is 2.77. The van der Waals surface area contributed by atoms with E-state index in [1.807, 2.05) is 0 Å². The molecule has 0 amide bonds. The molecule has 0 saturated heterocycles.